The van der Waals surface area contributed by atoms with Crippen molar-refractivity contribution in [3.8, 4) is 0 Å². The first-order valence-corrected chi connectivity index (χ1v) is 11.4. The van der Waals surface area contributed by atoms with E-state index in [0.29, 0.717) is 18.5 Å². The van der Waals surface area contributed by atoms with Crippen molar-refractivity contribution in [2.45, 2.75) is 37.8 Å². The van der Waals surface area contributed by atoms with E-state index in [1.807, 2.05) is 48.9 Å². The summed E-state index contributed by atoms with van der Waals surface area (Å²) in [4.78, 5) is 13.1. The highest BCUT2D eigenvalue weighted by molar-refractivity contribution is 7.90. The number of benzene rings is 2. The van der Waals surface area contributed by atoms with E-state index >= 15 is 0 Å². The summed E-state index contributed by atoms with van der Waals surface area (Å²) in [7, 11) is -3.24. The Morgan fingerprint density at radius 1 is 1.10 bits per heavy atom. The Bertz CT molecular complexity index is 1090. The first-order valence-electron chi connectivity index (χ1n) is 9.49. The lowest BCUT2D eigenvalue weighted by atomic mass is 10.1. The van der Waals surface area contributed by atoms with Gasteiger partial charge in [0.1, 0.15) is 0 Å². The van der Waals surface area contributed by atoms with Crippen molar-refractivity contribution in [2.75, 3.05) is 6.26 Å². The zero-order chi connectivity index (χ0) is 21.0. The van der Waals surface area contributed by atoms with Crippen molar-refractivity contribution in [3.63, 3.8) is 0 Å². The molecule has 0 radical (unpaired) electrons. The first-order chi connectivity index (χ1) is 13.8. The molecule has 1 atom stereocenters. The number of nitrogens with one attached hydrogen (secondary N) is 1. The third-order valence-corrected chi connectivity index (χ3v) is 5.99. The summed E-state index contributed by atoms with van der Waals surface area (Å²) >= 11 is 0. The zero-order valence-electron chi connectivity index (χ0n) is 16.8. The van der Waals surface area contributed by atoms with Gasteiger partial charge in [0.05, 0.1) is 34.9 Å². The van der Waals surface area contributed by atoms with Crippen LogP contribution in [0.1, 0.15) is 47.1 Å². The normalized spacial score (nSPS) is 12.5. The van der Waals surface area contributed by atoms with Gasteiger partial charge in [-0.3, -0.25) is 9.48 Å². The Hall–Kier alpha value is -2.93. The summed E-state index contributed by atoms with van der Waals surface area (Å²) in [6.07, 6.45) is 3.47. The summed E-state index contributed by atoms with van der Waals surface area (Å²) in [6.45, 7) is 4.48. The van der Waals surface area contributed by atoms with Crippen LogP contribution in [-0.2, 0) is 22.8 Å². The van der Waals surface area contributed by atoms with E-state index in [2.05, 4.69) is 10.4 Å². The number of rotatable bonds is 7. The molecule has 1 amide bonds. The Morgan fingerprint density at radius 2 is 1.76 bits per heavy atom. The Labute approximate surface area is 171 Å². The van der Waals surface area contributed by atoms with Gasteiger partial charge in [-0.1, -0.05) is 49.4 Å². The van der Waals surface area contributed by atoms with Crippen molar-refractivity contribution >= 4 is 15.7 Å². The van der Waals surface area contributed by atoms with E-state index in [-0.39, 0.29) is 16.8 Å². The van der Waals surface area contributed by atoms with Gasteiger partial charge in [0.15, 0.2) is 9.84 Å². The maximum Gasteiger partial charge on any atom is 0.255 e. The van der Waals surface area contributed by atoms with Crippen LogP contribution in [0, 0.1) is 0 Å². The zero-order valence-corrected chi connectivity index (χ0v) is 17.6. The molecule has 3 rings (SSSR count). The lowest BCUT2D eigenvalue weighted by Crippen LogP contribution is -2.27. The quantitative estimate of drug-likeness (QED) is 0.646. The van der Waals surface area contributed by atoms with Crippen LogP contribution in [0.15, 0.2) is 65.7 Å². The van der Waals surface area contributed by atoms with Crippen LogP contribution < -0.4 is 5.32 Å². The molecule has 0 saturated carbocycles. The fraction of sp³-hybridized carbons (Fsp3) is 0.273. The molecule has 0 aliphatic rings. The molecule has 0 saturated heterocycles. The van der Waals surface area contributed by atoms with E-state index in [9.17, 15) is 13.2 Å². The van der Waals surface area contributed by atoms with Crippen LogP contribution in [0.3, 0.4) is 0 Å². The van der Waals surface area contributed by atoms with Gasteiger partial charge in [0.2, 0.25) is 0 Å². The number of aromatic nitrogens is 2. The number of nitrogens with zero attached hydrogens (tertiary/aromatic N) is 2. The van der Waals surface area contributed by atoms with Gasteiger partial charge in [-0.25, -0.2) is 8.42 Å². The molecule has 7 heteroatoms. The molecule has 1 N–H and O–H groups in total. The topological polar surface area (TPSA) is 81.1 Å². The highest BCUT2D eigenvalue weighted by Gasteiger charge is 2.19. The highest BCUT2D eigenvalue weighted by atomic mass is 32.2. The second-order valence-electron chi connectivity index (χ2n) is 7.04. The lowest BCUT2D eigenvalue weighted by molar-refractivity contribution is 0.0938. The van der Waals surface area contributed by atoms with Crippen LogP contribution in [0.4, 0.5) is 0 Å². The first kappa shape index (κ1) is 20.8. The van der Waals surface area contributed by atoms with Crippen molar-refractivity contribution in [3.05, 3.63) is 83.2 Å². The second kappa shape index (κ2) is 8.61. The van der Waals surface area contributed by atoms with Gasteiger partial charge >= 0.3 is 0 Å². The van der Waals surface area contributed by atoms with Crippen LogP contribution in [0.2, 0.25) is 0 Å². The standard InChI is InChI=1S/C22H25N3O3S/c1-4-21-20(14-23-25(21)15-17-8-6-5-7-9-17)22(26)24-16(2)18-10-12-19(13-11-18)29(3,27)28/h5-14,16H,4,15H2,1-3H3,(H,24,26). The van der Waals surface area contributed by atoms with Crippen molar-refractivity contribution in [2.24, 2.45) is 0 Å². The van der Waals surface area contributed by atoms with Crippen LogP contribution >= 0.6 is 0 Å². The molecular formula is C22H25N3O3S. The molecule has 6 nitrogen and oxygen atoms in total. The molecule has 0 bridgehead atoms. The van der Waals surface area contributed by atoms with Gasteiger partial charge in [0.25, 0.3) is 5.91 Å². The average molecular weight is 412 g/mol. The molecule has 152 valence electrons. The largest absolute Gasteiger partial charge is 0.345 e. The number of amides is 1. The van der Waals surface area contributed by atoms with Gasteiger partial charge in [0, 0.05) is 6.26 Å². The molecule has 2 aromatic carbocycles. The van der Waals surface area contributed by atoms with Crippen molar-refractivity contribution in [1.82, 2.24) is 15.1 Å². The maximum atomic E-state index is 12.8. The monoisotopic (exact) mass is 411 g/mol. The fourth-order valence-corrected chi connectivity index (χ4v) is 3.86. The van der Waals surface area contributed by atoms with E-state index in [1.54, 1.807) is 30.5 Å². The Kier molecular flexibility index (Phi) is 6.17. The van der Waals surface area contributed by atoms with E-state index in [0.717, 1.165) is 16.8 Å². The number of hydrogen-bond donors (Lipinski definition) is 1. The summed E-state index contributed by atoms with van der Waals surface area (Å²) in [6, 6.07) is 16.3. The highest BCUT2D eigenvalue weighted by Crippen LogP contribution is 2.18. The summed E-state index contributed by atoms with van der Waals surface area (Å²) in [5.74, 6) is -0.194. The fourth-order valence-electron chi connectivity index (χ4n) is 3.23. The molecule has 3 aromatic rings. The second-order valence-corrected chi connectivity index (χ2v) is 9.05. The van der Waals surface area contributed by atoms with E-state index in [1.165, 1.54) is 6.26 Å². The molecule has 0 aliphatic heterocycles. The third-order valence-electron chi connectivity index (χ3n) is 4.86. The number of sulfone groups is 1. The van der Waals surface area contributed by atoms with Gasteiger partial charge in [-0.2, -0.15) is 5.10 Å². The minimum atomic E-state index is -3.24. The Morgan fingerprint density at radius 3 is 2.34 bits per heavy atom. The van der Waals surface area contributed by atoms with Crippen LogP contribution in [-0.4, -0.2) is 30.4 Å². The minimum Gasteiger partial charge on any atom is -0.345 e. The third kappa shape index (κ3) is 4.92. The molecule has 1 unspecified atom stereocenters. The Balaban J connectivity index is 1.75. The van der Waals surface area contributed by atoms with Gasteiger partial charge in [-0.05, 0) is 36.6 Å². The average Bonchev–Trinajstić information content (AvgIpc) is 3.10. The molecule has 0 aliphatic carbocycles. The summed E-state index contributed by atoms with van der Waals surface area (Å²) in [5.41, 5.74) is 3.39. The molecular weight excluding hydrogens is 386 g/mol. The van der Waals surface area contributed by atoms with Crippen LogP contribution in [0.25, 0.3) is 0 Å². The van der Waals surface area contributed by atoms with Crippen LogP contribution in [0.5, 0.6) is 0 Å². The van der Waals surface area contributed by atoms with Gasteiger partial charge < -0.3 is 5.32 Å². The summed E-state index contributed by atoms with van der Waals surface area (Å²) in [5, 5.41) is 7.39. The smallest absolute Gasteiger partial charge is 0.255 e. The lowest BCUT2D eigenvalue weighted by Gasteiger charge is -2.15. The number of hydrogen-bond acceptors (Lipinski definition) is 4. The van der Waals surface area contributed by atoms with E-state index in [4.69, 9.17) is 0 Å². The predicted molar refractivity (Wildman–Crippen MR) is 113 cm³/mol. The summed E-state index contributed by atoms with van der Waals surface area (Å²) < 4.78 is 25.1. The SMILES string of the molecule is CCc1c(C(=O)NC(C)c2ccc(S(C)(=O)=O)cc2)cnn1Cc1ccccc1. The molecule has 29 heavy (non-hydrogen) atoms. The molecule has 0 spiro atoms. The van der Waals surface area contributed by atoms with Crippen molar-refractivity contribution in [1.29, 1.82) is 0 Å². The maximum absolute atomic E-state index is 12.8. The molecule has 0 fully saturated rings. The number of carbonyl (C=O) groups is 1. The minimum absolute atomic E-state index is 0.194. The molecule has 1 aromatic heterocycles. The van der Waals surface area contributed by atoms with E-state index < -0.39 is 9.84 Å². The van der Waals surface area contributed by atoms with Crippen molar-refractivity contribution < 1.29 is 13.2 Å². The molecule has 1 heterocycles. The number of carbonyl (C=O) groups excluding carboxylic acids is 1. The predicted octanol–water partition coefficient (Wildman–Crippen LogP) is 3.39. The van der Waals surface area contributed by atoms with Gasteiger partial charge in [-0.15, -0.1) is 0 Å².